The van der Waals surface area contributed by atoms with Crippen molar-refractivity contribution in [3.05, 3.63) is 0 Å². The summed E-state index contributed by atoms with van der Waals surface area (Å²) in [5, 5.41) is 9.14. The van der Waals surface area contributed by atoms with E-state index in [2.05, 4.69) is 11.8 Å². The van der Waals surface area contributed by atoms with Crippen LogP contribution in [-0.4, -0.2) is 35.1 Å². The van der Waals surface area contributed by atoms with E-state index in [4.69, 9.17) is 5.11 Å². The lowest BCUT2D eigenvalue weighted by Gasteiger charge is -2.33. The molecule has 0 amide bonds. The zero-order chi connectivity index (χ0) is 11.5. The van der Waals surface area contributed by atoms with Gasteiger partial charge in [0.05, 0.1) is 0 Å². The molecule has 3 unspecified atom stereocenters. The Kier molecular flexibility index (Phi) is 3.85. The van der Waals surface area contributed by atoms with E-state index in [0.717, 1.165) is 37.8 Å². The summed E-state index contributed by atoms with van der Waals surface area (Å²) in [5.74, 6) is 0.887. The molecule has 3 heteroatoms. The highest BCUT2D eigenvalue weighted by molar-refractivity contribution is 5.73. The van der Waals surface area contributed by atoms with Crippen LogP contribution >= 0.6 is 0 Å². The number of rotatable bonds is 3. The van der Waals surface area contributed by atoms with E-state index < -0.39 is 5.97 Å². The minimum Gasteiger partial charge on any atom is -0.480 e. The summed E-state index contributed by atoms with van der Waals surface area (Å²) in [6.45, 7) is 4.33. The molecule has 1 heterocycles. The van der Waals surface area contributed by atoms with E-state index in [9.17, 15) is 4.79 Å². The van der Waals surface area contributed by atoms with Crippen LogP contribution in [0, 0.1) is 11.8 Å². The van der Waals surface area contributed by atoms with Crippen molar-refractivity contribution in [3.63, 3.8) is 0 Å². The van der Waals surface area contributed by atoms with Gasteiger partial charge in [-0.1, -0.05) is 26.2 Å². The Morgan fingerprint density at radius 3 is 2.69 bits per heavy atom. The van der Waals surface area contributed by atoms with E-state index >= 15 is 0 Å². The van der Waals surface area contributed by atoms with Gasteiger partial charge in [-0.25, -0.2) is 0 Å². The lowest BCUT2D eigenvalue weighted by Crippen LogP contribution is -2.40. The van der Waals surface area contributed by atoms with Gasteiger partial charge in [0.2, 0.25) is 0 Å². The molecule has 3 nitrogen and oxygen atoms in total. The molecule has 16 heavy (non-hydrogen) atoms. The lowest BCUT2D eigenvalue weighted by molar-refractivity contribution is -0.142. The Labute approximate surface area is 97.8 Å². The Morgan fingerprint density at radius 2 is 2.00 bits per heavy atom. The van der Waals surface area contributed by atoms with Crippen LogP contribution in [0.5, 0.6) is 0 Å². The Balaban J connectivity index is 1.90. The molecule has 1 N–H and O–H groups in total. The molecule has 1 aliphatic heterocycles. The highest BCUT2D eigenvalue weighted by atomic mass is 16.4. The summed E-state index contributed by atoms with van der Waals surface area (Å²) < 4.78 is 0. The Morgan fingerprint density at radius 1 is 1.25 bits per heavy atom. The van der Waals surface area contributed by atoms with Gasteiger partial charge in [-0.3, -0.25) is 9.69 Å². The van der Waals surface area contributed by atoms with Gasteiger partial charge >= 0.3 is 5.97 Å². The predicted molar refractivity (Wildman–Crippen MR) is 63.4 cm³/mol. The fourth-order valence-electron chi connectivity index (χ4n) is 3.29. The number of carbonyl (C=O) groups is 1. The molecule has 0 radical (unpaired) electrons. The van der Waals surface area contributed by atoms with Gasteiger partial charge in [0.25, 0.3) is 0 Å². The number of aliphatic carboxylic acids is 1. The normalized spacial score (nSPS) is 36.4. The third-order valence-electron chi connectivity index (χ3n) is 4.41. The van der Waals surface area contributed by atoms with E-state index in [1.54, 1.807) is 0 Å². The van der Waals surface area contributed by atoms with E-state index in [1.165, 1.54) is 25.7 Å². The van der Waals surface area contributed by atoms with Gasteiger partial charge < -0.3 is 5.11 Å². The van der Waals surface area contributed by atoms with Crippen LogP contribution in [0.3, 0.4) is 0 Å². The van der Waals surface area contributed by atoms with Gasteiger partial charge in [-0.15, -0.1) is 0 Å². The molecule has 1 aliphatic carbocycles. The molecular formula is C13H23NO2. The summed E-state index contributed by atoms with van der Waals surface area (Å²) in [7, 11) is 0. The molecule has 1 saturated heterocycles. The van der Waals surface area contributed by atoms with Gasteiger partial charge in [-0.2, -0.15) is 0 Å². The Bertz CT molecular complexity index is 254. The second-order valence-electron chi connectivity index (χ2n) is 5.51. The van der Waals surface area contributed by atoms with Crippen LogP contribution in [0.2, 0.25) is 0 Å². The van der Waals surface area contributed by atoms with Crippen molar-refractivity contribution in [3.8, 4) is 0 Å². The lowest BCUT2D eigenvalue weighted by atomic mass is 9.80. The topological polar surface area (TPSA) is 40.5 Å². The molecule has 2 fully saturated rings. The second kappa shape index (κ2) is 5.17. The fourth-order valence-corrected chi connectivity index (χ4v) is 3.29. The monoisotopic (exact) mass is 225 g/mol. The average molecular weight is 225 g/mol. The summed E-state index contributed by atoms with van der Waals surface area (Å²) in [6, 6.07) is -0.200. The predicted octanol–water partition coefficient (Wildman–Crippen LogP) is 2.36. The van der Waals surface area contributed by atoms with E-state index in [-0.39, 0.29) is 6.04 Å². The van der Waals surface area contributed by atoms with Crippen LogP contribution in [0.15, 0.2) is 0 Å². The largest absolute Gasteiger partial charge is 0.480 e. The molecule has 3 atom stereocenters. The highest BCUT2D eigenvalue weighted by Crippen LogP contribution is 2.32. The molecule has 2 rings (SSSR count). The van der Waals surface area contributed by atoms with Crippen LogP contribution in [0.25, 0.3) is 0 Å². The minimum absolute atomic E-state index is 0.200. The maximum atomic E-state index is 11.1. The van der Waals surface area contributed by atoms with Crippen molar-refractivity contribution >= 4 is 5.97 Å². The maximum absolute atomic E-state index is 11.1. The zero-order valence-corrected chi connectivity index (χ0v) is 10.2. The van der Waals surface area contributed by atoms with Crippen molar-refractivity contribution in [1.29, 1.82) is 0 Å². The fraction of sp³-hybridized carbons (Fsp3) is 0.923. The molecule has 1 saturated carbocycles. The molecule has 0 aromatic carbocycles. The van der Waals surface area contributed by atoms with E-state index in [1.807, 2.05) is 0 Å². The number of carboxylic acids is 1. The maximum Gasteiger partial charge on any atom is 0.320 e. The molecule has 0 aromatic heterocycles. The first-order chi connectivity index (χ1) is 7.68. The molecule has 0 bridgehead atoms. The first kappa shape index (κ1) is 11.9. The smallest absolute Gasteiger partial charge is 0.320 e. The van der Waals surface area contributed by atoms with Crippen LogP contribution < -0.4 is 0 Å². The number of hydrogen-bond donors (Lipinski definition) is 1. The van der Waals surface area contributed by atoms with Crippen molar-refractivity contribution in [2.45, 2.75) is 51.5 Å². The third kappa shape index (κ3) is 2.57. The SMILES string of the molecule is CC1CCCCC1CN1CCCC1C(=O)O. The number of likely N-dealkylation sites (tertiary alicyclic amines) is 1. The number of carboxylic acid groups (broad SMARTS) is 1. The van der Waals surface area contributed by atoms with E-state index in [0.29, 0.717) is 0 Å². The average Bonchev–Trinajstić information content (AvgIpc) is 2.69. The first-order valence-electron chi connectivity index (χ1n) is 6.65. The van der Waals surface area contributed by atoms with Gasteiger partial charge in [0.15, 0.2) is 0 Å². The standard InChI is InChI=1S/C13H23NO2/c1-10-5-2-3-6-11(10)9-14-8-4-7-12(14)13(15)16/h10-12H,2-9H2,1H3,(H,15,16). The molecule has 92 valence electrons. The molecule has 0 aromatic rings. The molecule has 0 spiro atoms. The van der Waals surface area contributed by atoms with Crippen molar-refractivity contribution in [1.82, 2.24) is 4.90 Å². The second-order valence-corrected chi connectivity index (χ2v) is 5.51. The van der Waals surface area contributed by atoms with Crippen LogP contribution in [-0.2, 0) is 4.79 Å². The summed E-state index contributed by atoms with van der Waals surface area (Å²) in [4.78, 5) is 13.3. The number of hydrogen-bond acceptors (Lipinski definition) is 2. The zero-order valence-electron chi connectivity index (χ0n) is 10.2. The van der Waals surface area contributed by atoms with Crippen LogP contribution in [0.4, 0.5) is 0 Å². The molecule has 2 aliphatic rings. The van der Waals surface area contributed by atoms with Crippen LogP contribution in [0.1, 0.15) is 45.4 Å². The molecular weight excluding hydrogens is 202 g/mol. The summed E-state index contributed by atoms with van der Waals surface area (Å²) in [6.07, 6.45) is 7.22. The first-order valence-corrected chi connectivity index (χ1v) is 6.65. The number of nitrogens with zero attached hydrogens (tertiary/aromatic N) is 1. The van der Waals surface area contributed by atoms with Gasteiger partial charge in [-0.05, 0) is 37.6 Å². The summed E-state index contributed by atoms with van der Waals surface area (Å²) in [5.41, 5.74) is 0. The highest BCUT2D eigenvalue weighted by Gasteiger charge is 2.33. The van der Waals surface area contributed by atoms with Gasteiger partial charge in [0, 0.05) is 6.54 Å². The minimum atomic E-state index is -0.624. The summed E-state index contributed by atoms with van der Waals surface area (Å²) >= 11 is 0. The van der Waals surface area contributed by atoms with Crippen molar-refractivity contribution in [2.24, 2.45) is 11.8 Å². The van der Waals surface area contributed by atoms with Gasteiger partial charge in [0.1, 0.15) is 6.04 Å². The Hall–Kier alpha value is -0.570. The quantitative estimate of drug-likeness (QED) is 0.801. The third-order valence-corrected chi connectivity index (χ3v) is 4.41. The van der Waals surface area contributed by atoms with Crippen molar-refractivity contribution < 1.29 is 9.90 Å². The van der Waals surface area contributed by atoms with Crippen molar-refractivity contribution in [2.75, 3.05) is 13.1 Å².